The third-order valence-corrected chi connectivity index (χ3v) is 2.23. The maximum absolute atomic E-state index is 5.77. The summed E-state index contributed by atoms with van der Waals surface area (Å²) in [5.41, 5.74) is 8.94. The van der Waals surface area contributed by atoms with Crippen molar-refractivity contribution in [1.82, 2.24) is 5.32 Å². The fourth-order valence-electron chi connectivity index (χ4n) is 1.52. The van der Waals surface area contributed by atoms with Crippen LogP contribution in [0.4, 0.5) is 0 Å². The van der Waals surface area contributed by atoms with E-state index in [9.17, 15) is 0 Å². The molecule has 0 bridgehead atoms. The van der Waals surface area contributed by atoms with Crippen molar-refractivity contribution in [3.05, 3.63) is 71.7 Å². The van der Waals surface area contributed by atoms with E-state index in [1.54, 1.807) is 0 Å². The lowest BCUT2D eigenvalue weighted by atomic mass is 10.1. The van der Waals surface area contributed by atoms with Crippen molar-refractivity contribution in [1.29, 1.82) is 0 Å². The van der Waals surface area contributed by atoms with Crippen molar-refractivity contribution in [2.45, 2.75) is 6.42 Å². The quantitative estimate of drug-likeness (QED) is 0.763. The first-order chi connectivity index (χ1) is 7.34. The maximum atomic E-state index is 5.77. The molecule has 2 heteroatoms. The number of hydrogen-bond acceptors (Lipinski definition) is 2. The number of allylic oxidation sites excluding steroid dienone is 4. The summed E-state index contributed by atoms with van der Waals surface area (Å²) in [6.45, 7) is 0. The molecular formula is C13H14N2. The van der Waals surface area contributed by atoms with Gasteiger partial charge in [-0.15, -0.1) is 0 Å². The number of nitrogens with two attached hydrogens (primary N) is 1. The molecule has 1 aliphatic rings. The van der Waals surface area contributed by atoms with Gasteiger partial charge in [0.25, 0.3) is 0 Å². The van der Waals surface area contributed by atoms with Crippen molar-refractivity contribution in [2.75, 3.05) is 0 Å². The molecule has 0 atom stereocenters. The fourth-order valence-corrected chi connectivity index (χ4v) is 1.52. The standard InChI is InChI=1S/C13H14N2/c14-12-7-4-8-15-13(10-12)9-11-5-2-1-3-6-11/h1-8,10,15H,9,14H2. The van der Waals surface area contributed by atoms with Crippen LogP contribution in [0.5, 0.6) is 0 Å². The van der Waals surface area contributed by atoms with E-state index in [1.165, 1.54) is 5.56 Å². The second-order valence-corrected chi connectivity index (χ2v) is 3.50. The van der Waals surface area contributed by atoms with Gasteiger partial charge in [0.1, 0.15) is 0 Å². The van der Waals surface area contributed by atoms with Gasteiger partial charge in [0.2, 0.25) is 0 Å². The summed E-state index contributed by atoms with van der Waals surface area (Å²) < 4.78 is 0. The molecule has 0 aliphatic carbocycles. The highest BCUT2D eigenvalue weighted by molar-refractivity contribution is 5.31. The summed E-state index contributed by atoms with van der Waals surface area (Å²) in [6.07, 6.45) is 8.52. The molecule has 0 unspecified atom stereocenters. The first kappa shape index (κ1) is 9.59. The van der Waals surface area contributed by atoms with E-state index >= 15 is 0 Å². The van der Waals surface area contributed by atoms with Crippen LogP contribution < -0.4 is 11.1 Å². The molecular weight excluding hydrogens is 184 g/mol. The molecule has 1 aliphatic heterocycles. The average Bonchev–Trinajstić information content (AvgIpc) is 2.44. The fraction of sp³-hybridized carbons (Fsp3) is 0.0769. The molecule has 2 nitrogen and oxygen atoms in total. The van der Waals surface area contributed by atoms with Crippen LogP contribution in [0.2, 0.25) is 0 Å². The van der Waals surface area contributed by atoms with Crippen LogP contribution in [0.25, 0.3) is 0 Å². The Balaban J connectivity index is 2.13. The minimum Gasteiger partial charge on any atom is -0.399 e. The molecule has 0 saturated carbocycles. The molecule has 3 N–H and O–H groups in total. The smallest absolute Gasteiger partial charge is 0.0332 e. The van der Waals surface area contributed by atoms with Crippen LogP contribution >= 0.6 is 0 Å². The van der Waals surface area contributed by atoms with E-state index in [2.05, 4.69) is 17.4 Å². The zero-order valence-electron chi connectivity index (χ0n) is 8.48. The zero-order chi connectivity index (χ0) is 10.5. The van der Waals surface area contributed by atoms with Crippen LogP contribution in [0.1, 0.15) is 5.56 Å². The molecule has 0 aromatic heterocycles. The van der Waals surface area contributed by atoms with Crippen molar-refractivity contribution >= 4 is 0 Å². The van der Waals surface area contributed by atoms with Gasteiger partial charge in [-0.05, 0) is 23.8 Å². The van der Waals surface area contributed by atoms with E-state index in [0.29, 0.717) is 0 Å². The Hall–Kier alpha value is -1.96. The Kier molecular flexibility index (Phi) is 2.88. The van der Waals surface area contributed by atoms with Gasteiger partial charge in [-0.25, -0.2) is 0 Å². The van der Waals surface area contributed by atoms with Crippen LogP contribution in [0, 0.1) is 0 Å². The Morgan fingerprint density at radius 2 is 1.93 bits per heavy atom. The monoisotopic (exact) mass is 198 g/mol. The second-order valence-electron chi connectivity index (χ2n) is 3.50. The zero-order valence-corrected chi connectivity index (χ0v) is 8.48. The Morgan fingerprint density at radius 1 is 1.13 bits per heavy atom. The summed E-state index contributed by atoms with van der Waals surface area (Å²) in [6, 6.07) is 10.3. The van der Waals surface area contributed by atoms with Gasteiger partial charge in [-0.1, -0.05) is 30.3 Å². The topological polar surface area (TPSA) is 38.0 Å². The van der Waals surface area contributed by atoms with E-state index in [1.807, 2.05) is 42.6 Å². The Labute approximate surface area is 89.8 Å². The van der Waals surface area contributed by atoms with Crippen molar-refractivity contribution in [3.8, 4) is 0 Å². The highest BCUT2D eigenvalue weighted by Crippen LogP contribution is 2.08. The number of rotatable bonds is 2. The van der Waals surface area contributed by atoms with Gasteiger partial charge < -0.3 is 11.1 Å². The summed E-state index contributed by atoms with van der Waals surface area (Å²) >= 11 is 0. The Bertz CT molecular complexity index is 413. The minimum atomic E-state index is 0.780. The summed E-state index contributed by atoms with van der Waals surface area (Å²) in [5, 5.41) is 3.21. The van der Waals surface area contributed by atoms with Crippen LogP contribution in [0.3, 0.4) is 0 Å². The van der Waals surface area contributed by atoms with E-state index < -0.39 is 0 Å². The summed E-state index contributed by atoms with van der Waals surface area (Å²) in [7, 11) is 0. The van der Waals surface area contributed by atoms with Crippen LogP contribution in [0.15, 0.2) is 66.2 Å². The molecule has 1 heterocycles. The third-order valence-electron chi connectivity index (χ3n) is 2.23. The number of hydrogen-bond donors (Lipinski definition) is 2. The lowest BCUT2D eigenvalue weighted by molar-refractivity contribution is 0.968. The van der Waals surface area contributed by atoms with Gasteiger partial charge in [0.05, 0.1) is 0 Å². The summed E-state index contributed by atoms with van der Waals surface area (Å²) in [5.74, 6) is 0. The van der Waals surface area contributed by atoms with E-state index in [4.69, 9.17) is 5.73 Å². The first-order valence-corrected chi connectivity index (χ1v) is 4.98. The van der Waals surface area contributed by atoms with Gasteiger partial charge in [0, 0.05) is 24.0 Å². The molecule has 0 saturated heterocycles. The van der Waals surface area contributed by atoms with Gasteiger partial charge in [-0.3, -0.25) is 0 Å². The van der Waals surface area contributed by atoms with E-state index in [-0.39, 0.29) is 0 Å². The Morgan fingerprint density at radius 3 is 2.73 bits per heavy atom. The van der Waals surface area contributed by atoms with Crippen molar-refractivity contribution in [2.24, 2.45) is 5.73 Å². The van der Waals surface area contributed by atoms with Crippen LogP contribution in [-0.4, -0.2) is 0 Å². The lowest BCUT2D eigenvalue weighted by Gasteiger charge is -2.06. The molecule has 0 radical (unpaired) electrons. The maximum Gasteiger partial charge on any atom is 0.0332 e. The summed E-state index contributed by atoms with van der Waals surface area (Å²) in [4.78, 5) is 0. The molecule has 0 amide bonds. The lowest BCUT2D eigenvalue weighted by Crippen LogP contribution is -2.08. The highest BCUT2D eigenvalue weighted by atomic mass is 14.9. The van der Waals surface area contributed by atoms with Gasteiger partial charge >= 0.3 is 0 Å². The average molecular weight is 198 g/mol. The van der Waals surface area contributed by atoms with E-state index in [0.717, 1.165) is 17.8 Å². The predicted molar refractivity (Wildman–Crippen MR) is 62.8 cm³/mol. The highest BCUT2D eigenvalue weighted by Gasteiger charge is 1.99. The van der Waals surface area contributed by atoms with Gasteiger partial charge in [-0.2, -0.15) is 0 Å². The normalized spacial score (nSPS) is 14.9. The first-order valence-electron chi connectivity index (χ1n) is 4.98. The van der Waals surface area contributed by atoms with Gasteiger partial charge in [0.15, 0.2) is 0 Å². The molecule has 15 heavy (non-hydrogen) atoms. The molecule has 76 valence electrons. The second kappa shape index (κ2) is 4.51. The molecule has 2 rings (SSSR count). The largest absolute Gasteiger partial charge is 0.399 e. The predicted octanol–water partition coefficient (Wildman–Crippen LogP) is 2.07. The van der Waals surface area contributed by atoms with Crippen LogP contribution in [-0.2, 0) is 6.42 Å². The molecule has 1 aromatic rings. The third kappa shape index (κ3) is 2.74. The molecule has 0 fully saturated rings. The molecule has 0 spiro atoms. The number of benzene rings is 1. The van der Waals surface area contributed by atoms with Crippen molar-refractivity contribution < 1.29 is 0 Å². The number of nitrogens with one attached hydrogen (secondary N) is 1. The van der Waals surface area contributed by atoms with Crippen molar-refractivity contribution in [3.63, 3.8) is 0 Å². The minimum absolute atomic E-state index is 0.780. The SMILES string of the molecule is NC1=CC=CNC(Cc2ccccc2)=C1. The molecule has 1 aromatic carbocycles.